The molecule has 3 nitrogen and oxygen atoms in total. The summed E-state index contributed by atoms with van der Waals surface area (Å²) in [6.07, 6.45) is 1.11. The van der Waals surface area contributed by atoms with Crippen LogP contribution in [0, 0.1) is 5.92 Å². The molecule has 1 aliphatic heterocycles. The lowest BCUT2D eigenvalue weighted by Gasteiger charge is -2.13. The predicted molar refractivity (Wildman–Crippen MR) is 60.6 cm³/mol. The molecule has 0 spiro atoms. The van der Waals surface area contributed by atoms with Crippen LogP contribution >= 0.6 is 0 Å². The van der Waals surface area contributed by atoms with Crippen molar-refractivity contribution < 1.29 is 9.59 Å². The first kappa shape index (κ1) is 10.9. The first-order valence-electron chi connectivity index (χ1n) is 5.56. The van der Waals surface area contributed by atoms with Crippen LogP contribution in [0.2, 0.25) is 0 Å². The van der Waals surface area contributed by atoms with Gasteiger partial charge in [0.2, 0.25) is 11.8 Å². The summed E-state index contributed by atoms with van der Waals surface area (Å²) < 4.78 is 0. The van der Waals surface area contributed by atoms with E-state index in [1.54, 1.807) is 0 Å². The fourth-order valence-electron chi connectivity index (χ4n) is 1.97. The Kier molecular flexibility index (Phi) is 3.04. The zero-order valence-corrected chi connectivity index (χ0v) is 9.35. The number of hydrogen-bond acceptors (Lipinski definition) is 2. The third kappa shape index (κ3) is 2.13. The fourth-order valence-corrected chi connectivity index (χ4v) is 1.97. The Morgan fingerprint density at radius 3 is 2.50 bits per heavy atom. The van der Waals surface area contributed by atoms with Gasteiger partial charge in [-0.1, -0.05) is 37.3 Å². The van der Waals surface area contributed by atoms with Gasteiger partial charge in [0.05, 0.1) is 0 Å². The van der Waals surface area contributed by atoms with Crippen molar-refractivity contribution in [2.24, 2.45) is 5.92 Å². The van der Waals surface area contributed by atoms with Crippen LogP contribution in [-0.2, 0) is 16.0 Å². The molecule has 0 aromatic heterocycles. The molecule has 0 N–H and O–H groups in total. The van der Waals surface area contributed by atoms with Gasteiger partial charge in [-0.25, -0.2) is 0 Å². The van der Waals surface area contributed by atoms with E-state index >= 15 is 0 Å². The summed E-state index contributed by atoms with van der Waals surface area (Å²) in [4.78, 5) is 24.6. The molecule has 1 aromatic rings. The van der Waals surface area contributed by atoms with Gasteiger partial charge < -0.3 is 0 Å². The van der Waals surface area contributed by atoms with Crippen LogP contribution in [0.5, 0.6) is 0 Å². The molecule has 2 amide bonds. The summed E-state index contributed by atoms with van der Waals surface area (Å²) in [5, 5.41) is 0. The van der Waals surface area contributed by atoms with Gasteiger partial charge in [-0.3, -0.25) is 14.5 Å². The average Bonchev–Trinajstić information content (AvgIpc) is 2.53. The van der Waals surface area contributed by atoms with Crippen molar-refractivity contribution in [3.8, 4) is 0 Å². The molecule has 1 fully saturated rings. The van der Waals surface area contributed by atoms with E-state index in [0.29, 0.717) is 13.0 Å². The highest BCUT2D eigenvalue weighted by molar-refractivity contribution is 6.03. The summed E-state index contributed by atoms with van der Waals surface area (Å²) in [5.74, 6) is -0.197. The van der Waals surface area contributed by atoms with E-state index in [9.17, 15) is 9.59 Å². The van der Waals surface area contributed by atoms with E-state index in [0.717, 1.165) is 12.0 Å². The smallest absolute Gasteiger partial charge is 0.232 e. The summed E-state index contributed by atoms with van der Waals surface area (Å²) in [7, 11) is 0. The molecule has 1 aromatic carbocycles. The normalized spacial score (nSPS) is 20.6. The number of rotatable bonds is 3. The summed E-state index contributed by atoms with van der Waals surface area (Å²) >= 11 is 0. The van der Waals surface area contributed by atoms with Gasteiger partial charge in [0.25, 0.3) is 0 Å². The van der Waals surface area contributed by atoms with Crippen LogP contribution in [-0.4, -0.2) is 23.3 Å². The second-order valence-electron chi connectivity index (χ2n) is 4.22. The van der Waals surface area contributed by atoms with Gasteiger partial charge in [0, 0.05) is 18.9 Å². The molecule has 0 saturated carbocycles. The van der Waals surface area contributed by atoms with Crippen LogP contribution in [0.3, 0.4) is 0 Å². The minimum atomic E-state index is -0.136. The van der Waals surface area contributed by atoms with Gasteiger partial charge in [-0.15, -0.1) is 0 Å². The highest BCUT2D eigenvalue weighted by atomic mass is 16.2. The maximum Gasteiger partial charge on any atom is 0.232 e. The number of likely N-dealkylation sites (tertiary alicyclic amines) is 1. The number of amides is 2. The molecular weight excluding hydrogens is 202 g/mol. The number of benzene rings is 1. The molecule has 1 aliphatic rings. The lowest BCUT2D eigenvalue weighted by Crippen LogP contribution is -2.32. The fraction of sp³-hybridized carbons (Fsp3) is 0.385. The van der Waals surface area contributed by atoms with Crippen LogP contribution in [0.15, 0.2) is 30.3 Å². The molecule has 2 rings (SSSR count). The monoisotopic (exact) mass is 217 g/mol. The van der Waals surface area contributed by atoms with Crippen LogP contribution in [0.4, 0.5) is 0 Å². The van der Waals surface area contributed by atoms with Crippen molar-refractivity contribution in [1.29, 1.82) is 0 Å². The van der Waals surface area contributed by atoms with E-state index in [4.69, 9.17) is 0 Å². The highest BCUT2D eigenvalue weighted by Gasteiger charge is 2.34. The Morgan fingerprint density at radius 1 is 1.25 bits per heavy atom. The molecule has 1 unspecified atom stereocenters. The topological polar surface area (TPSA) is 37.4 Å². The molecule has 1 saturated heterocycles. The minimum absolute atomic E-state index is 0.0269. The van der Waals surface area contributed by atoms with Crippen LogP contribution < -0.4 is 0 Å². The number of carbonyl (C=O) groups excluding carboxylic acids is 2. The molecule has 0 bridgehead atoms. The van der Waals surface area contributed by atoms with E-state index in [1.807, 2.05) is 37.3 Å². The SMILES string of the molecule is CC1CC(=O)N(CCc2ccccc2)C1=O. The van der Waals surface area contributed by atoms with E-state index in [-0.39, 0.29) is 17.7 Å². The van der Waals surface area contributed by atoms with Crippen LogP contribution in [0.25, 0.3) is 0 Å². The molecule has 0 radical (unpaired) electrons. The molecule has 16 heavy (non-hydrogen) atoms. The van der Waals surface area contributed by atoms with Crippen molar-refractivity contribution in [3.63, 3.8) is 0 Å². The first-order valence-corrected chi connectivity index (χ1v) is 5.56. The van der Waals surface area contributed by atoms with Gasteiger partial charge in [-0.2, -0.15) is 0 Å². The standard InChI is InChI=1S/C13H15NO2/c1-10-9-12(15)14(13(10)16)8-7-11-5-3-2-4-6-11/h2-6,10H,7-9H2,1H3. The minimum Gasteiger partial charge on any atom is -0.282 e. The van der Waals surface area contributed by atoms with Gasteiger partial charge >= 0.3 is 0 Å². The van der Waals surface area contributed by atoms with Crippen molar-refractivity contribution in [2.45, 2.75) is 19.8 Å². The summed E-state index contributed by atoms with van der Waals surface area (Å²) in [5.41, 5.74) is 1.16. The van der Waals surface area contributed by atoms with Crippen LogP contribution in [0.1, 0.15) is 18.9 Å². The molecule has 3 heteroatoms. The van der Waals surface area contributed by atoms with Gasteiger partial charge in [0.15, 0.2) is 0 Å². The first-order chi connectivity index (χ1) is 7.68. The van der Waals surface area contributed by atoms with Crippen molar-refractivity contribution in [3.05, 3.63) is 35.9 Å². The van der Waals surface area contributed by atoms with Gasteiger partial charge in [-0.05, 0) is 12.0 Å². The van der Waals surface area contributed by atoms with E-state index in [2.05, 4.69) is 0 Å². The maximum atomic E-state index is 11.6. The van der Waals surface area contributed by atoms with Crippen molar-refractivity contribution >= 4 is 11.8 Å². The quantitative estimate of drug-likeness (QED) is 0.721. The van der Waals surface area contributed by atoms with Crippen molar-refractivity contribution in [1.82, 2.24) is 4.90 Å². The molecule has 84 valence electrons. The third-order valence-electron chi connectivity index (χ3n) is 2.94. The van der Waals surface area contributed by atoms with Crippen molar-refractivity contribution in [2.75, 3.05) is 6.54 Å². The number of nitrogens with zero attached hydrogens (tertiary/aromatic N) is 1. The summed E-state index contributed by atoms with van der Waals surface area (Å²) in [6, 6.07) is 9.90. The zero-order valence-electron chi connectivity index (χ0n) is 9.35. The average molecular weight is 217 g/mol. The zero-order chi connectivity index (χ0) is 11.5. The highest BCUT2D eigenvalue weighted by Crippen LogP contribution is 2.18. The van der Waals surface area contributed by atoms with E-state index < -0.39 is 0 Å². The molecule has 1 atom stereocenters. The Bertz CT molecular complexity index is 400. The Morgan fingerprint density at radius 2 is 1.94 bits per heavy atom. The predicted octanol–water partition coefficient (Wildman–Crippen LogP) is 1.62. The lowest BCUT2D eigenvalue weighted by atomic mass is 10.1. The second-order valence-corrected chi connectivity index (χ2v) is 4.22. The molecule has 0 aliphatic carbocycles. The number of imide groups is 1. The maximum absolute atomic E-state index is 11.6. The number of carbonyl (C=O) groups is 2. The largest absolute Gasteiger partial charge is 0.282 e. The second kappa shape index (κ2) is 4.47. The Labute approximate surface area is 95.1 Å². The van der Waals surface area contributed by atoms with Gasteiger partial charge in [0.1, 0.15) is 0 Å². The molecule has 1 heterocycles. The lowest BCUT2D eigenvalue weighted by molar-refractivity contribution is -0.139. The summed E-state index contributed by atoms with van der Waals surface area (Å²) in [6.45, 7) is 2.31. The number of hydrogen-bond donors (Lipinski definition) is 0. The molecular formula is C13H15NO2. The van der Waals surface area contributed by atoms with E-state index in [1.165, 1.54) is 4.90 Å². The Balaban J connectivity index is 1.96. The Hall–Kier alpha value is -1.64. The third-order valence-corrected chi connectivity index (χ3v) is 2.94.